The first kappa shape index (κ1) is 20.8. The Morgan fingerprint density at radius 1 is 0.879 bits per heavy atom. The van der Waals surface area contributed by atoms with E-state index in [4.69, 9.17) is 10.7 Å². The number of hydrogen-bond acceptors (Lipinski definition) is 6. The van der Waals surface area contributed by atoms with Gasteiger partial charge in [-0.25, -0.2) is 24.6 Å². The van der Waals surface area contributed by atoms with Crippen molar-refractivity contribution in [1.82, 2.24) is 34.3 Å². The first-order chi connectivity index (χ1) is 15.7. The van der Waals surface area contributed by atoms with Crippen molar-refractivity contribution in [2.24, 2.45) is 0 Å². The minimum absolute atomic E-state index is 0.199. The highest BCUT2D eigenvalue weighted by molar-refractivity contribution is 5.87. The molecular formula is C25H26N8. The molecule has 3 heterocycles. The topological polar surface area (TPSA) is 100 Å². The van der Waals surface area contributed by atoms with Gasteiger partial charge in [-0.3, -0.25) is 0 Å². The van der Waals surface area contributed by atoms with Crippen LogP contribution in [0.4, 0.5) is 5.95 Å². The van der Waals surface area contributed by atoms with E-state index in [0.717, 1.165) is 50.6 Å². The molecule has 166 valence electrons. The van der Waals surface area contributed by atoms with Crippen molar-refractivity contribution in [1.29, 1.82) is 0 Å². The molecule has 8 heteroatoms. The maximum Gasteiger partial charge on any atom is 0.219 e. The monoisotopic (exact) mass is 438 g/mol. The molecule has 0 atom stereocenters. The summed E-state index contributed by atoms with van der Waals surface area (Å²) in [4.78, 5) is 17.7. The first-order valence-corrected chi connectivity index (χ1v) is 10.8. The molecule has 2 aromatic carbocycles. The molecule has 8 nitrogen and oxygen atoms in total. The molecule has 5 rings (SSSR count). The third kappa shape index (κ3) is 3.73. The van der Waals surface area contributed by atoms with Crippen LogP contribution in [0.3, 0.4) is 0 Å². The van der Waals surface area contributed by atoms with Gasteiger partial charge in [0.05, 0.1) is 16.7 Å². The Morgan fingerprint density at radius 3 is 2.30 bits per heavy atom. The first-order valence-electron chi connectivity index (χ1n) is 10.8. The standard InChI is InChI=1S/C25H26N8/c1-15-6-8-21(32-14-29-16(2)31-32)19(10-15)23-30-20-11-17(18-12-27-24(26)28-13-18)7-9-22(20)33(23)25(3,4)5/h6-14H,1-5H3,(H2,26,27,28). The van der Waals surface area contributed by atoms with Crippen LogP contribution < -0.4 is 5.73 Å². The van der Waals surface area contributed by atoms with Crippen LogP contribution >= 0.6 is 0 Å². The van der Waals surface area contributed by atoms with Gasteiger partial charge in [-0.05, 0) is 64.4 Å². The number of anilines is 1. The average Bonchev–Trinajstić information content (AvgIpc) is 3.37. The molecule has 2 N–H and O–H groups in total. The minimum atomic E-state index is -0.199. The summed E-state index contributed by atoms with van der Waals surface area (Å²) in [5, 5.41) is 4.55. The minimum Gasteiger partial charge on any atom is -0.368 e. The molecule has 5 aromatic rings. The maximum atomic E-state index is 5.66. The van der Waals surface area contributed by atoms with Crippen LogP contribution in [-0.4, -0.2) is 34.3 Å². The van der Waals surface area contributed by atoms with E-state index >= 15 is 0 Å². The molecule has 0 spiro atoms. The van der Waals surface area contributed by atoms with Crippen molar-refractivity contribution < 1.29 is 0 Å². The lowest BCUT2D eigenvalue weighted by Gasteiger charge is -2.25. The number of fused-ring (bicyclic) bond motifs is 1. The van der Waals surface area contributed by atoms with Crippen molar-refractivity contribution in [3.8, 4) is 28.2 Å². The van der Waals surface area contributed by atoms with E-state index < -0.39 is 0 Å². The molecular weight excluding hydrogens is 412 g/mol. The summed E-state index contributed by atoms with van der Waals surface area (Å²) in [6.45, 7) is 10.5. The zero-order valence-electron chi connectivity index (χ0n) is 19.4. The number of rotatable bonds is 3. The summed E-state index contributed by atoms with van der Waals surface area (Å²) < 4.78 is 4.10. The predicted octanol–water partition coefficient (Wildman–Crippen LogP) is 4.70. The SMILES string of the molecule is Cc1ccc(-n2cnc(C)n2)c(-c2nc3cc(-c4cnc(N)nc4)ccc3n2C(C)(C)C)c1. The summed E-state index contributed by atoms with van der Waals surface area (Å²) in [6.07, 6.45) is 5.21. The van der Waals surface area contributed by atoms with Crippen LogP contribution in [0.15, 0.2) is 55.1 Å². The second kappa shape index (κ2) is 7.51. The summed E-state index contributed by atoms with van der Waals surface area (Å²) >= 11 is 0. The Hall–Kier alpha value is -4.07. The van der Waals surface area contributed by atoms with Gasteiger partial charge in [0, 0.05) is 29.1 Å². The second-order valence-corrected chi connectivity index (χ2v) is 9.23. The number of aryl methyl sites for hydroxylation is 2. The summed E-state index contributed by atoms with van der Waals surface area (Å²) in [5.74, 6) is 1.87. The smallest absolute Gasteiger partial charge is 0.219 e. The van der Waals surface area contributed by atoms with Crippen LogP contribution in [-0.2, 0) is 5.54 Å². The van der Waals surface area contributed by atoms with Crippen LogP contribution in [0.2, 0.25) is 0 Å². The molecule has 0 radical (unpaired) electrons. The molecule has 0 fully saturated rings. The molecule has 0 bridgehead atoms. The highest BCUT2D eigenvalue weighted by atomic mass is 15.3. The molecule has 0 aliphatic rings. The number of nitrogens with two attached hydrogens (primary N) is 1. The highest BCUT2D eigenvalue weighted by Crippen LogP contribution is 2.36. The van der Waals surface area contributed by atoms with Crippen LogP contribution in [0.1, 0.15) is 32.2 Å². The lowest BCUT2D eigenvalue weighted by molar-refractivity contribution is 0.413. The number of imidazole rings is 1. The number of benzene rings is 2. The van der Waals surface area contributed by atoms with Gasteiger partial charge in [0.1, 0.15) is 18.0 Å². The Morgan fingerprint density at radius 2 is 1.64 bits per heavy atom. The van der Waals surface area contributed by atoms with Crippen molar-refractivity contribution in [3.05, 3.63) is 66.5 Å². The van der Waals surface area contributed by atoms with E-state index in [2.05, 4.69) is 88.7 Å². The van der Waals surface area contributed by atoms with Gasteiger partial charge in [0.2, 0.25) is 5.95 Å². The molecule has 3 aromatic heterocycles. The zero-order chi connectivity index (χ0) is 23.3. The van der Waals surface area contributed by atoms with Crippen molar-refractivity contribution >= 4 is 17.0 Å². The van der Waals surface area contributed by atoms with Crippen LogP contribution in [0.5, 0.6) is 0 Å². The van der Waals surface area contributed by atoms with Gasteiger partial charge in [-0.15, -0.1) is 0 Å². The van der Waals surface area contributed by atoms with Gasteiger partial charge < -0.3 is 10.3 Å². The normalized spacial score (nSPS) is 11.9. The van der Waals surface area contributed by atoms with E-state index in [1.165, 1.54) is 0 Å². The van der Waals surface area contributed by atoms with E-state index in [1.54, 1.807) is 18.7 Å². The molecule has 0 saturated carbocycles. The lowest BCUT2D eigenvalue weighted by Crippen LogP contribution is -2.23. The average molecular weight is 439 g/mol. The fourth-order valence-electron chi connectivity index (χ4n) is 4.10. The second-order valence-electron chi connectivity index (χ2n) is 9.23. The third-order valence-corrected chi connectivity index (χ3v) is 5.58. The third-order valence-electron chi connectivity index (χ3n) is 5.58. The van der Waals surface area contributed by atoms with Gasteiger partial charge in [0.15, 0.2) is 0 Å². The van der Waals surface area contributed by atoms with E-state index in [0.29, 0.717) is 0 Å². The number of nitrogen functional groups attached to an aromatic ring is 1. The molecule has 0 unspecified atom stereocenters. The largest absolute Gasteiger partial charge is 0.368 e. The van der Waals surface area contributed by atoms with Crippen molar-refractivity contribution in [3.63, 3.8) is 0 Å². The van der Waals surface area contributed by atoms with E-state index in [-0.39, 0.29) is 11.5 Å². The van der Waals surface area contributed by atoms with Crippen molar-refractivity contribution in [2.45, 2.75) is 40.2 Å². The quantitative estimate of drug-likeness (QED) is 0.438. The molecule has 33 heavy (non-hydrogen) atoms. The zero-order valence-corrected chi connectivity index (χ0v) is 19.4. The fraction of sp³-hybridized carbons (Fsp3) is 0.240. The van der Waals surface area contributed by atoms with Gasteiger partial charge in [-0.1, -0.05) is 17.7 Å². The van der Waals surface area contributed by atoms with Crippen molar-refractivity contribution in [2.75, 3.05) is 5.73 Å². The number of hydrogen-bond donors (Lipinski definition) is 1. The summed E-state index contributed by atoms with van der Waals surface area (Å²) in [6, 6.07) is 12.6. The molecule has 0 amide bonds. The predicted molar refractivity (Wildman–Crippen MR) is 130 cm³/mol. The fourth-order valence-corrected chi connectivity index (χ4v) is 4.10. The Kier molecular flexibility index (Phi) is 4.74. The van der Waals surface area contributed by atoms with E-state index in [9.17, 15) is 0 Å². The number of aromatic nitrogens is 7. The molecule has 0 saturated heterocycles. The van der Waals surface area contributed by atoms with Gasteiger partial charge >= 0.3 is 0 Å². The number of nitrogens with zero attached hydrogens (tertiary/aromatic N) is 7. The summed E-state index contributed by atoms with van der Waals surface area (Å²) in [7, 11) is 0. The highest BCUT2D eigenvalue weighted by Gasteiger charge is 2.25. The molecule has 0 aliphatic carbocycles. The Labute approximate surface area is 192 Å². The Bertz CT molecular complexity index is 1470. The van der Waals surface area contributed by atoms with E-state index in [1.807, 2.05) is 11.6 Å². The van der Waals surface area contributed by atoms with Gasteiger partial charge in [-0.2, -0.15) is 5.10 Å². The lowest BCUT2D eigenvalue weighted by atomic mass is 10.0. The summed E-state index contributed by atoms with van der Waals surface area (Å²) in [5.41, 5.74) is 12.4. The van der Waals surface area contributed by atoms with Gasteiger partial charge in [0.25, 0.3) is 0 Å². The maximum absolute atomic E-state index is 5.66. The Balaban J connectivity index is 1.76. The van der Waals surface area contributed by atoms with Crippen LogP contribution in [0.25, 0.3) is 39.2 Å². The molecule has 0 aliphatic heterocycles. The van der Waals surface area contributed by atoms with Crippen LogP contribution in [0, 0.1) is 13.8 Å².